The molecule has 0 aliphatic heterocycles. The molecule has 27 heteroatoms. The number of benzene rings is 4. The Kier molecular flexibility index (Phi) is 18.9. The van der Waals surface area contributed by atoms with Crippen LogP contribution in [0.4, 0.5) is 26.3 Å². The molecule has 0 aliphatic rings. The monoisotopic (exact) mass is 1130 g/mol. The maximum Gasteiger partial charge on any atom is 0.573 e. The maximum atomic E-state index is 13.3. The number of hydrogen-bond donors (Lipinski definition) is 1. The molecule has 0 amide bonds. The summed E-state index contributed by atoms with van der Waals surface area (Å²) in [6, 6.07) is 24.6. The molecule has 0 unspecified atom stereocenters. The number of hydrogen-bond acceptors (Lipinski definition) is 13. The zero-order chi connectivity index (χ0) is 56.3. The highest BCUT2D eigenvalue weighted by Gasteiger charge is 2.32. The molecule has 4 heterocycles. The first-order valence-electron chi connectivity index (χ1n) is 23.9. The van der Waals surface area contributed by atoms with Gasteiger partial charge in [-0.05, 0) is 66.1 Å². The van der Waals surface area contributed by atoms with Crippen LogP contribution in [0.1, 0.15) is 37.3 Å². The van der Waals surface area contributed by atoms with E-state index in [0.29, 0.717) is 29.3 Å². The predicted octanol–water partition coefficient (Wildman–Crippen LogP) is 8.09. The Labute approximate surface area is 448 Å². The number of imidazole rings is 2. The molecule has 4 aromatic carbocycles. The molecule has 0 saturated carbocycles. The van der Waals surface area contributed by atoms with Gasteiger partial charge in [0.25, 0.3) is 23.1 Å². The van der Waals surface area contributed by atoms with Crippen molar-refractivity contribution in [3.8, 4) is 35.0 Å². The maximum absolute atomic E-state index is 13.3. The van der Waals surface area contributed by atoms with Crippen LogP contribution in [0.25, 0.3) is 22.3 Å². The van der Waals surface area contributed by atoms with Gasteiger partial charge in [0, 0.05) is 55.7 Å². The summed E-state index contributed by atoms with van der Waals surface area (Å²) in [6.07, 6.45) is -8.34. The number of aliphatic hydroxyl groups excluding tert-OH is 1. The van der Waals surface area contributed by atoms with Crippen LogP contribution in [0.2, 0.25) is 10.0 Å². The lowest BCUT2D eigenvalue weighted by molar-refractivity contribution is -0.275. The van der Waals surface area contributed by atoms with Crippen LogP contribution in [0, 0.1) is 0 Å². The van der Waals surface area contributed by atoms with Gasteiger partial charge in [0.15, 0.2) is 22.3 Å². The van der Waals surface area contributed by atoms with Crippen LogP contribution in [-0.2, 0) is 40.3 Å². The third-order valence-corrected chi connectivity index (χ3v) is 11.8. The topological polar surface area (TPSA) is 199 Å². The molecular weight excluding hydrogens is 1090 g/mol. The highest BCUT2D eigenvalue weighted by atomic mass is 35.5. The Morgan fingerprint density at radius 2 is 0.897 bits per heavy atom. The first-order chi connectivity index (χ1) is 37.1. The zero-order valence-corrected chi connectivity index (χ0v) is 43.4. The van der Waals surface area contributed by atoms with Crippen molar-refractivity contribution in [1.29, 1.82) is 0 Å². The second-order valence-corrected chi connectivity index (χ2v) is 17.9. The quantitative estimate of drug-likeness (QED) is 0.0505. The molecule has 1 N–H and O–H groups in total. The SMILES string of the molecule is CCCn1c(=O)c2c(nc(OCCCOc3cccc(OC(F)(F)F)c3)n2Cc2ccc(Cl)cc2)n(C)c1=O.Cn1c(=O)n(CCO)c(=O)c2c1nc(OCCCOc1cccc(OC(F)(F)F)c1)n2Cc1ccc(Cl)cc1. The largest absolute Gasteiger partial charge is 0.573 e. The van der Waals surface area contributed by atoms with E-state index in [-0.39, 0.29) is 104 Å². The third-order valence-electron chi connectivity index (χ3n) is 11.3. The van der Waals surface area contributed by atoms with Crippen molar-refractivity contribution >= 4 is 45.5 Å². The van der Waals surface area contributed by atoms with Crippen molar-refractivity contribution in [2.45, 2.75) is 65.1 Å². The summed E-state index contributed by atoms with van der Waals surface area (Å²) in [5.41, 5.74) is 0.0918. The lowest BCUT2D eigenvalue weighted by atomic mass is 10.2. The predicted molar refractivity (Wildman–Crippen MR) is 274 cm³/mol. The summed E-state index contributed by atoms with van der Waals surface area (Å²) in [6.45, 7) is 2.41. The Morgan fingerprint density at radius 1 is 0.526 bits per heavy atom. The number of halogens is 8. The van der Waals surface area contributed by atoms with E-state index in [1.54, 1.807) is 48.0 Å². The van der Waals surface area contributed by atoms with Crippen molar-refractivity contribution in [2.24, 2.45) is 14.1 Å². The number of fused-ring (bicyclic) bond motifs is 2. The van der Waals surface area contributed by atoms with E-state index in [1.165, 1.54) is 55.6 Å². The molecular formula is C51H50Cl2F6N8O11. The van der Waals surface area contributed by atoms with E-state index in [0.717, 1.165) is 33.9 Å². The first-order valence-corrected chi connectivity index (χ1v) is 24.6. The Morgan fingerprint density at radius 3 is 1.27 bits per heavy atom. The molecule has 0 spiro atoms. The first kappa shape index (κ1) is 57.8. The number of aryl methyl sites for hydroxylation is 2. The number of ether oxygens (including phenoxy) is 6. The van der Waals surface area contributed by atoms with Gasteiger partial charge in [-0.2, -0.15) is 9.97 Å². The summed E-state index contributed by atoms with van der Waals surface area (Å²) < 4.78 is 113. The summed E-state index contributed by atoms with van der Waals surface area (Å²) in [5.74, 6) is -0.388. The second-order valence-electron chi connectivity index (χ2n) is 17.0. The van der Waals surface area contributed by atoms with Crippen LogP contribution in [0.3, 0.4) is 0 Å². The molecule has 0 aliphatic carbocycles. The molecule has 416 valence electrons. The van der Waals surface area contributed by atoms with E-state index in [1.807, 2.05) is 19.1 Å². The molecule has 0 radical (unpaired) electrons. The van der Waals surface area contributed by atoms with Gasteiger partial charge in [0.2, 0.25) is 0 Å². The fourth-order valence-corrected chi connectivity index (χ4v) is 8.08. The standard InChI is InChI=1S/C26H26ClF3N4O5.C25H24ClF3N4O6/c1-3-12-33-23(35)21-22(32(2)25(33)36)31-24(34(21)16-17-8-10-18(27)11-9-17)38-14-5-13-37-19-6-4-7-20(15-19)39-26(28,29)30;1-31-21-20(22(35)32(10-11-34)24(31)36)33(15-16-6-8-17(26)9-7-16)23(30-21)38-13-3-12-37-18-4-2-5-19(14-18)39-25(27,28)29/h4,6-11,15H,3,5,12-14,16H2,1-2H3;2,4-9,14,34H,3,10-13,15H2,1H3. The van der Waals surface area contributed by atoms with Gasteiger partial charge in [-0.25, -0.2) is 9.59 Å². The minimum atomic E-state index is -4.81. The van der Waals surface area contributed by atoms with E-state index in [2.05, 4.69) is 19.4 Å². The molecule has 0 saturated heterocycles. The number of alkyl halides is 6. The van der Waals surface area contributed by atoms with Gasteiger partial charge in [-0.3, -0.25) is 37.0 Å². The van der Waals surface area contributed by atoms with Crippen LogP contribution >= 0.6 is 23.2 Å². The summed E-state index contributed by atoms with van der Waals surface area (Å²) in [4.78, 5) is 60.8. The lowest BCUT2D eigenvalue weighted by Gasteiger charge is -2.12. The molecule has 78 heavy (non-hydrogen) atoms. The second kappa shape index (κ2) is 25.5. The highest BCUT2D eigenvalue weighted by molar-refractivity contribution is 6.30. The highest BCUT2D eigenvalue weighted by Crippen LogP contribution is 2.29. The van der Waals surface area contributed by atoms with Crippen molar-refractivity contribution in [3.05, 3.63) is 160 Å². The third kappa shape index (κ3) is 14.8. The minimum Gasteiger partial charge on any atom is -0.493 e. The lowest BCUT2D eigenvalue weighted by Crippen LogP contribution is -2.40. The van der Waals surface area contributed by atoms with Gasteiger partial charge in [0.05, 0.1) is 52.7 Å². The smallest absolute Gasteiger partial charge is 0.493 e. The number of nitrogens with zero attached hydrogens (tertiary/aromatic N) is 8. The fourth-order valence-electron chi connectivity index (χ4n) is 7.83. The minimum absolute atomic E-state index is 0.0781. The Balaban J connectivity index is 0.000000226. The van der Waals surface area contributed by atoms with Crippen LogP contribution < -0.4 is 50.9 Å². The van der Waals surface area contributed by atoms with Crippen molar-refractivity contribution in [1.82, 2.24) is 37.4 Å². The summed E-state index contributed by atoms with van der Waals surface area (Å²) in [5, 5.41) is 10.4. The van der Waals surface area contributed by atoms with Crippen LogP contribution in [0.5, 0.6) is 35.0 Å². The van der Waals surface area contributed by atoms with Gasteiger partial charge in [-0.1, -0.05) is 66.5 Å². The van der Waals surface area contributed by atoms with Gasteiger partial charge in [-0.15, -0.1) is 26.3 Å². The number of aromatic nitrogens is 8. The van der Waals surface area contributed by atoms with Crippen molar-refractivity contribution < 1.29 is 59.9 Å². The number of rotatable bonds is 22. The Hall–Kier alpha value is -7.90. The van der Waals surface area contributed by atoms with E-state index in [4.69, 9.17) is 42.1 Å². The molecule has 4 aromatic heterocycles. The van der Waals surface area contributed by atoms with Crippen LogP contribution in [0.15, 0.2) is 116 Å². The van der Waals surface area contributed by atoms with Gasteiger partial charge < -0.3 is 33.5 Å². The molecule has 0 bridgehead atoms. The van der Waals surface area contributed by atoms with Crippen LogP contribution in [-0.4, -0.2) is 88.2 Å². The van der Waals surface area contributed by atoms with E-state index < -0.39 is 47.6 Å². The fraction of sp³-hybridized carbons (Fsp3) is 0.333. The summed E-state index contributed by atoms with van der Waals surface area (Å²) >= 11 is 12.0. The molecule has 8 aromatic rings. The van der Waals surface area contributed by atoms with E-state index >= 15 is 0 Å². The molecule has 0 fully saturated rings. The zero-order valence-electron chi connectivity index (χ0n) is 41.9. The van der Waals surface area contributed by atoms with Crippen molar-refractivity contribution in [2.75, 3.05) is 33.0 Å². The average molecular weight is 1140 g/mol. The van der Waals surface area contributed by atoms with E-state index in [9.17, 15) is 50.6 Å². The molecule has 19 nitrogen and oxygen atoms in total. The molecule has 0 atom stereocenters. The van der Waals surface area contributed by atoms with Crippen molar-refractivity contribution in [3.63, 3.8) is 0 Å². The number of aliphatic hydroxyl groups is 1. The Bertz CT molecular complexity index is 3360. The molecule has 8 rings (SSSR count). The normalized spacial score (nSPS) is 11.6. The summed E-state index contributed by atoms with van der Waals surface area (Å²) in [7, 11) is 3.01. The average Bonchev–Trinajstić information content (AvgIpc) is 4.00. The van der Waals surface area contributed by atoms with Gasteiger partial charge >= 0.3 is 24.1 Å². The van der Waals surface area contributed by atoms with Gasteiger partial charge in [0.1, 0.15) is 23.0 Å².